The Labute approximate surface area is 205 Å². The summed E-state index contributed by atoms with van der Waals surface area (Å²) in [4.78, 5) is 5.94. The molecule has 1 aliphatic heterocycles. The highest BCUT2D eigenvalue weighted by Gasteiger charge is 2.46. The zero-order valence-electron chi connectivity index (χ0n) is 18.0. The molecule has 5 rings (SSSR count). The van der Waals surface area contributed by atoms with E-state index in [-0.39, 0.29) is 55.3 Å². The molecule has 4 heterocycles. The largest absolute Gasteiger partial charge is 0.408 e. The summed E-state index contributed by atoms with van der Waals surface area (Å²) in [5.74, 6) is -0.0477. The molecule has 1 aliphatic rings. The number of aromatic nitrogens is 4. The lowest BCUT2D eigenvalue weighted by molar-refractivity contribution is -0.183. The van der Waals surface area contributed by atoms with Crippen LogP contribution < -0.4 is 5.73 Å². The molecule has 2 N–H and O–H groups in total. The van der Waals surface area contributed by atoms with Crippen molar-refractivity contribution in [2.24, 2.45) is 5.73 Å². The molecule has 0 aliphatic carbocycles. The van der Waals surface area contributed by atoms with E-state index in [0.717, 1.165) is 0 Å². The van der Waals surface area contributed by atoms with E-state index in [4.69, 9.17) is 5.73 Å². The van der Waals surface area contributed by atoms with Crippen LogP contribution in [0.2, 0.25) is 0 Å². The number of fused-ring (bicyclic) bond motifs is 2. The van der Waals surface area contributed by atoms with Gasteiger partial charge in [-0.1, -0.05) is 12.1 Å². The van der Waals surface area contributed by atoms with Crippen molar-refractivity contribution >= 4 is 41.4 Å². The van der Waals surface area contributed by atoms with Gasteiger partial charge in [0.05, 0.1) is 5.52 Å². The molecule has 1 fully saturated rings. The minimum Gasteiger partial charge on any atom is -0.326 e. The van der Waals surface area contributed by atoms with Gasteiger partial charge < -0.3 is 5.73 Å². The number of hydrogen-bond donors (Lipinski definition) is 1. The van der Waals surface area contributed by atoms with Gasteiger partial charge in [0.1, 0.15) is 17.6 Å². The topological polar surface area (TPSA) is 72.3 Å². The van der Waals surface area contributed by atoms with E-state index in [1.807, 2.05) is 0 Å². The number of nitrogens with zero attached hydrogens (tertiary/aromatic N) is 5. The van der Waals surface area contributed by atoms with Crippen molar-refractivity contribution in [2.75, 3.05) is 13.1 Å². The van der Waals surface area contributed by atoms with Gasteiger partial charge >= 0.3 is 6.18 Å². The van der Waals surface area contributed by atoms with E-state index in [2.05, 4.69) is 15.2 Å². The van der Waals surface area contributed by atoms with Crippen LogP contribution in [-0.4, -0.2) is 49.8 Å². The molecule has 2 atom stereocenters. The standard InChI is InChI=1S/C22H20F4N6.2ClH/c1-12-8-15(23)9-13-2-4-17(28-19(12)13)21-30-29-18-5-3-14(10-32(18)21)20(22(24,25)26)31-7-6-16(27)11-31;;/h2-5,8-10,16,20H,6-7,11,27H2,1H3;2*1H/t16?,20-;;/m1../s1. The van der Waals surface area contributed by atoms with Crippen LogP contribution in [0.1, 0.15) is 23.6 Å². The number of rotatable bonds is 3. The molecule has 0 saturated carbocycles. The number of halogens is 6. The number of likely N-dealkylation sites (tertiary alicyclic amines) is 1. The second kappa shape index (κ2) is 9.61. The van der Waals surface area contributed by atoms with Crippen LogP contribution in [0.15, 0.2) is 42.6 Å². The molecule has 4 aromatic rings. The van der Waals surface area contributed by atoms with Crippen LogP contribution in [0, 0.1) is 12.7 Å². The summed E-state index contributed by atoms with van der Waals surface area (Å²) in [6.07, 6.45) is -2.53. The fourth-order valence-corrected chi connectivity index (χ4v) is 4.39. The van der Waals surface area contributed by atoms with E-state index in [9.17, 15) is 17.6 Å². The summed E-state index contributed by atoms with van der Waals surface area (Å²) in [7, 11) is 0. The van der Waals surface area contributed by atoms with Gasteiger partial charge in [0, 0.05) is 30.7 Å². The second-order valence-electron chi connectivity index (χ2n) is 8.19. The van der Waals surface area contributed by atoms with E-state index < -0.39 is 12.2 Å². The SMILES string of the molecule is Cc1cc(F)cc2ccc(-c3nnc4ccc([C@@H](N5CCC(N)C5)C(F)(F)F)cn34)nc12.Cl.Cl. The number of alkyl halides is 3. The number of aryl methyl sites for hydroxylation is 1. The highest BCUT2D eigenvalue weighted by molar-refractivity contribution is 5.86. The second-order valence-corrected chi connectivity index (χ2v) is 8.19. The van der Waals surface area contributed by atoms with Gasteiger partial charge in [-0.15, -0.1) is 35.0 Å². The Bertz CT molecular complexity index is 1330. The first-order chi connectivity index (χ1) is 15.2. The molecule has 0 bridgehead atoms. The van der Waals surface area contributed by atoms with Crippen molar-refractivity contribution in [3.8, 4) is 11.5 Å². The lowest BCUT2D eigenvalue weighted by atomic mass is 10.1. The molecule has 182 valence electrons. The molecule has 0 amide bonds. The van der Waals surface area contributed by atoms with E-state index in [0.29, 0.717) is 40.1 Å². The fourth-order valence-electron chi connectivity index (χ4n) is 4.39. The summed E-state index contributed by atoms with van der Waals surface area (Å²) in [5, 5.41) is 8.86. The number of nitrogens with two attached hydrogens (primary N) is 1. The summed E-state index contributed by atoms with van der Waals surface area (Å²) in [5.41, 5.74) is 8.02. The molecule has 0 spiro atoms. The van der Waals surface area contributed by atoms with Gasteiger partial charge in [0.2, 0.25) is 0 Å². The monoisotopic (exact) mass is 516 g/mol. The Kier molecular flexibility index (Phi) is 7.37. The van der Waals surface area contributed by atoms with Crippen molar-refractivity contribution < 1.29 is 17.6 Å². The maximum Gasteiger partial charge on any atom is 0.408 e. The Hall–Kier alpha value is -2.53. The lowest BCUT2D eigenvalue weighted by Gasteiger charge is -2.30. The molecule has 12 heteroatoms. The Morgan fingerprint density at radius 2 is 1.85 bits per heavy atom. The molecule has 0 radical (unpaired) electrons. The van der Waals surface area contributed by atoms with Gasteiger partial charge in [-0.2, -0.15) is 13.2 Å². The first kappa shape index (κ1) is 26.1. The molecule has 3 aromatic heterocycles. The smallest absolute Gasteiger partial charge is 0.326 e. The van der Waals surface area contributed by atoms with Crippen molar-refractivity contribution in [3.63, 3.8) is 0 Å². The number of hydrogen-bond acceptors (Lipinski definition) is 5. The van der Waals surface area contributed by atoms with Gasteiger partial charge in [0.25, 0.3) is 0 Å². The Morgan fingerprint density at radius 3 is 2.53 bits per heavy atom. The molecular formula is C22H22Cl2F4N6. The molecule has 1 saturated heterocycles. The predicted octanol–water partition coefficient (Wildman–Crippen LogP) is 4.87. The number of benzene rings is 1. The molecule has 1 unspecified atom stereocenters. The normalized spacial score (nSPS) is 17.5. The third-order valence-corrected chi connectivity index (χ3v) is 5.85. The summed E-state index contributed by atoms with van der Waals surface area (Å²) < 4.78 is 57.3. The van der Waals surface area contributed by atoms with Crippen LogP contribution in [0.3, 0.4) is 0 Å². The van der Waals surface area contributed by atoms with Crippen molar-refractivity contribution in [2.45, 2.75) is 31.6 Å². The lowest BCUT2D eigenvalue weighted by Crippen LogP contribution is -2.38. The van der Waals surface area contributed by atoms with E-state index in [1.54, 1.807) is 19.1 Å². The third kappa shape index (κ3) is 4.68. The van der Waals surface area contributed by atoms with Crippen LogP contribution >= 0.6 is 24.8 Å². The number of pyridine rings is 2. The predicted molar refractivity (Wildman–Crippen MR) is 126 cm³/mol. The van der Waals surface area contributed by atoms with Gasteiger partial charge in [0.15, 0.2) is 11.5 Å². The molecular weight excluding hydrogens is 495 g/mol. The first-order valence-corrected chi connectivity index (χ1v) is 10.2. The van der Waals surface area contributed by atoms with Gasteiger partial charge in [-0.25, -0.2) is 9.37 Å². The Morgan fingerprint density at radius 1 is 1.09 bits per heavy atom. The zero-order valence-corrected chi connectivity index (χ0v) is 19.6. The van der Waals surface area contributed by atoms with Crippen LogP contribution in [-0.2, 0) is 0 Å². The average Bonchev–Trinajstić information content (AvgIpc) is 3.33. The first-order valence-electron chi connectivity index (χ1n) is 10.2. The molecule has 34 heavy (non-hydrogen) atoms. The van der Waals surface area contributed by atoms with Crippen molar-refractivity contribution in [1.82, 2.24) is 24.5 Å². The minimum atomic E-state index is -4.46. The third-order valence-electron chi connectivity index (χ3n) is 5.85. The maximum absolute atomic E-state index is 14.0. The zero-order chi connectivity index (χ0) is 22.6. The average molecular weight is 517 g/mol. The van der Waals surface area contributed by atoms with Gasteiger partial charge in [-0.3, -0.25) is 9.30 Å². The summed E-state index contributed by atoms with van der Waals surface area (Å²) in [6.45, 7) is 2.21. The Balaban J connectivity index is 0.00000162. The summed E-state index contributed by atoms with van der Waals surface area (Å²) in [6, 6.07) is 7.03. The fraction of sp³-hybridized carbons (Fsp3) is 0.318. The summed E-state index contributed by atoms with van der Waals surface area (Å²) >= 11 is 0. The molecule has 6 nitrogen and oxygen atoms in total. The quantitative estimate of drug-likeness (QED) is 0.393. The van der Waals surface area contributed by atoms with E-state index in [1.165, 1.54) is 39.8 Å². The molecule has 1 aromatic carbocycles. The minimum absolute atomic E-state index is 0. The maximum atomic E-state index is 14.0. The van der Waals surface area contributed by atoms with Crippen molar-refractivity contribution in [3.05, 3.63) is 59.5 Å². The van der Waals surface area contributed by atoms with E-state index >= 15 is 0 Å². The van der Waals surface area contributed by atoms with Crippen LogP contribution in [0.4, 0.5) is 17.6 Å². The highest BCUT2D eigenvalue weighted by atomic mass is 35.5. The van der Waals surface area contributed by atoms with Gasteiger partial charge in [-0.05, 0) is 48.7 Å². The van der Waals surface area contributed by atoms with Crippen molar-refractivity contribution in [1.29, 1.82) is 0 Å². The van der Waals surface area contributed by atoms with Crippen LogP contribution in [0.25, 0.3) is 28.1 Å². The highest BCUT2D eigenvalue weighted by Crippen LogP contribution is 2.39. The van der Waals surface area contributed by atoms with Crippen LogP contribution in [0.5, 0.6) is 0 Å².